The van der Waals surface area contributed by atoms with Gasteiger partial charge in [-0.25, -0.2) is 4.79 Å². The normalized spacial score (nSPS) is 19.1. The summed E-state index contributed by atoms with van der Waals surface area (Å²) in [4.78, 5) is 49.8. The molecule has 1 heterocycles. The van der Waals surface area contributed by atoms with Crippen LogP contribution in [0.5, 0.6) is 0 Å². The molecule has 3 atom stereocenters. The number of benzene rings is 1. The molecule has 1 aromatic carbocycles. The van der Waals surface area contributed by atoms with Gasteiger partial charge in [-0.1, -0.05) is 64.2 Å². The molecule has 34 heavy (non-hydrogen) atoms. The van der Waals surface area contributed by atoms with Crippen LogP contribution in [0.25, 0.3) is 0 Å². The molecule has 3 amide bonds. The van der Waals surface area contributed by atoms with Gasteiger partial charge < -0.3 is 20.7 Å². The lowest BCUT2D eigenvalue weighted by Gasteiger charge is -2.31. The molecule has 8 nitrogen and oxygen atoms in total. The van der Waals surface area contributed by atoms with Crippen molar-refractivity contribution >= 4 is 31.8 Å². The number of esters is 1. The summed E-state index contributed by atoms with van der Waals surface area (Å²) in [5.41, 5.74) is 4.22. The number of hydrogen-bond donors (Lipinski definition) is 3. The molecule has 1 aliphatic rings. The molecule has 0 bridgehead atoms. The first-order chi connectivity index (χ1) is 15.8. The van der Waals surface area contributed by atoms with E-state index in [1.807, 2.05) is 30.3 Å². The zero-order valence-corrected chi connectivity index (χ0v) is 21.8. The van der Waals surface area contributed by atoms with Crippen molar-refractivity contribution in [1.29, 1.82) is 0 Å². The molecule has 1 aliphatic heterocycles. The Hall–Kier alpha value is -3.12. The number of amides is 3. The summed E-state index contributed by atoms with van der Waals surface area (Å²) in [5.74, 6) is 1.09. The fourth-order valence-corrected chi connectivity index (χ4v) is 4.07. The van der Waals surface area contributed by atoms with Crippen LogP contribution in [-0.2, 0) is 30.3 Å². The largest absolute Gasteiger partial charge is 0.467 e. The molecule has 184 valence electrons. The van der Waals surface area contributed by atoms with Crippen molar-refractivity contribution in [2.24, 2.45) is 0 Å². The van der Waals surface area contributed by atoms with Crippen molar-refractivity contribution in [2.45, 2.75) is 76.3 Å². The SMILES string of the molecule is COC(=O)[C@H](CC#C[Si](C)(C)C(C)(C)C)NC(=O)C[C@@H]1NC(=O)[C@H](Cc2ccccc2)NC1=O. The predicted molar refractivity (Wildman–Crippen MR) is 132 cm³/mol. The van der Waals surface area contributed by atoms with Crippen LogP contribution in [0.15, 0.2) is 30.3 Å². The van der Waals surface area contributed by atoms with E-state index in [1.54, 1.807) is 0 Å². The van der Waals surface area contributed by atoms with E-state index in [0.29, 0.717) is 6.42 Å². The number of methoxy groups -OCH3 is 1. The van der Waals surface area contributed by atoms with Crippen LogP contribution in [0, 0.1) is 11.5 Å². The maximum Gasteiger partial charge on any atom is 0.329 e. The van der Waals surface area contributed by atoms with Gasteiger partial charge in [-0.05, 0) is 10.6 Å². The van der Waals surface area contributed by atoms with Gasteiger partial charge in [0.2, 0.25) is 17.7 Å². The molecule has 3 N–H and O–H groups in total. The maximum atomic E-state index is 12.6. The van der Waals surface area contributed by atoms with E-state index in [-0.39, 0.29) is 23.8 Å². The Kier molecular flexibility index (Phi) is 9.04. The average Bonchev–Trinajstić information content (AvgIpc) is 2.75. The molecule has 1 saturated heterocycles. The number of ether oxygens (including phenoxy) is 1. The molecule has 0 radical (unpaired) electrons. The molecule has 9 heteroatoms. The lowest BCUT2D eigenvalue weighted by atomic mass is 10.0. The van der Waals surface area contributed by atoms with Crippen LogP contribution >= 0.6 is 0 Å². The lowest BCUT2D eigenvalue weighted by Crippen LogP contribution is -2.63. The number of piperazine rings is 1. The quantitative estimate of drug-likeness (QED) is 0.309. The molecule has 0 saturated carbocycles. The van der Waals surface area contributed by atoms with Gasteiger partial charge in [-0.2, -0.15) is 0 Å². The second-order valence-corrected chi connectivity index (χ2v) is 15.0. The summed E-state index contributed by atoms with van der Waals surface area (Å²) in [5, 5.41) is 7.95. The molecular formula is C25H35N3O5Si. The Bertz CT molecular complexity index is 976. The third-order valence-electron chi connectivity index (χ3n) is 6.34. The van der Waals surface area contributed by atoms with Crippen molar-refractivity contribution in [2.75, 3.05) is 7.11 Å². The topological polar surface area (TPSA) is 114 Å². The fourth-order valence-electron chi connectivity index (χ4n) is 3.15. The molecule has 0 aromatic heterocycles. The van der Waals surface area contributed by atoms with E-state index in [0.717, 1.165) is 5.56 Å². The Balaban J connectivity index is 1.97. The van der Waals surface area contributed by atoms with Gasteiger partial charge in [0.1, 0.15) is 26.2 Å². The van der Waals surface area contributed by atoms with Crippen LogP contribution in [0.4, 0.5) is 0 Å². The smallest absolute Gasteiger partial charge is 0.329 e. The van der Waals surface area contributed by atoms with Crippen molar-refractivity contribution in [3.63, 3.8) is 0 Å². The highest BCUT2D eigenvalue weighted by atomic mass is 28.3. The molecule has 1 aromatic rings. The summed E-state index contributed by atoms with van der Waals surface area (Å²) < 4.78 is 4.80. The molecule has 2 rings (SSSR count). The third-order valence-corrected chi connectivity index (χ3v) is 10.9. The fraction of sp³-hybridized carbons (Fsp3) is 0.520. The standard InChI is InChI=1S/C25H35N3O5Si/c1-25(2,3)34(5,6)14-10-13-18(24(32)33-4)26-21(29)16-20-23(31)27-19(22(30)28-20)15-17-11-8-7-9-12-17/h7-9,11-12,18-20H,13,15-16H2,1-6H3,(H,26,29)(H,27,31)(H,28,30)/t18-,19-,20-/m0/s1. The summed E-state index contributed by atoms with van der Waals surface area (Å²) >= 11 is 0. The number of hydrogen-bond acceptors (Lipinski definition) is 5. The summed E-state index contributed by atoms with van der Waals surface area (Å²) in [7, 11) is -0.629. The first-order valence-electron chi connectivity index (χ1n) is 11.4. The zero-order chi connectivity index (χ0) is 25.5. The minimum Gasteiger partial charge on any atom is -0.467 e. The Morgan fingerprint density at radius 2 is 1.68 bits per heavy atom. The van der Waals surface area contributed by atoms with Gasteiger partial charge in [-0.3, -0.25) is 14.4 Å². The van der Waals surface area contributed by atoms with E-state index < -0.39 is 44.0 Å². The number of carbonyl (C=O) groups is 4. The van der Waals surface area contributed by atoms with Crippen molar-refractivity contribution < 1.29 is 23.9 Å². The number of nitrogens with one attached hydrogen (secondary N) is 3. The third kappa shape index (κ3) is 7.45. The average molecular weight is 486 g/mol. The molecule has 0 spiro atoms. The highest BCUT2D eigenvalue weighted by Crippen LogP contribution is 2.35. The predicted octanol–water partition coefficient (Wildman–Crippen LogP) is 1.70. The van der Waals surface area contributed by atoms with Gasteiger partial charge in [-0.15, -0.1) is 11.5 Å². The maximum absolute atomic E-state index is 12.6. The second kappa shape index (κ2) is 11.3. The molecule has 0 unspecified atom stereocenters. The monoisotopic (exact) mass is 485 g/mol. The first-order valence-corrected chi connectivity index (χ1v) is 14.4. The van der Waals surface area contributed by atoms with E-state index in [2.05, 4.69) is 61.3 Å². The van der Waals surface area contributed by atoms with Crippen LogP contribution in [0.3, 0.4) is 0 Å². The molecular weight excluding hydrogens is 450 g/mol. The van der Waals surface area contributed by atoms with Crippen molar-refractivity contribution in [3.05, 3.63) is 35.9 Å². The minimum atomic E-state index is -1.87. The zero-order valence-electron chi connectivity index (χ0n) is 20.8. The van der Waals surface area contributed by atoms with Gasteiger partial charge in [0.15, 0.2) is 0 Å². The number of carbonyl (C=O) groups excluding carboxylic acids is 4. The van der Waals surface area contributed by atoms with Crippen LogP contribution in [-0.4, -0.2) is 57.0 Å². The highest BCUT2D eigenvalue weighted by Gasteiger charge is 2.36. The second-order valence-electron chi connectivity index (χ2n) is 10.0. The van der Waals surface area contributed by atoms with Gasteiger partial charge in [0.25, 0.3) is 0 Å². The summed E-state index contributed by atoms with van der Waals surface area (Å²) in [6.45, 7) is 10.7. The van der Waals surface area contributed by atoms with Crippen LogP contribution < -0.4 is 16.0 Å². The first kappa shape index (κ1) is 27.1. The minimum absolute atomic E-state index is 0.0644. The molecule has 0 aliphatic carbocycles. The van der Waals surface area contributed by atoms with Crippen molar-refractivity contribution in [3.8, 4) is 11.5 Å². The van der Waals surface area contributed by atoms with Crippen LogP contribution in [0.1, 0.15) is 39.2 Å². The lowest BCUT2D eigenvalue weighted by molar-refractivity contribution is -0.145. The molecule has 1 fully saturated rings. The van der Waals surface area contributed by atoms with E-state index in [9.17, 15) is 19.2 Å². The Morgan fingerprint density at radius 3 is 2.26 bits per heavy atom. The van der Waals surface area contributed by atoms with E-state index in [4.69, 9.17) is 4.74 Å². The van der Waals surface area contributed by atoms with Crippen LogP contribution in [0.2, 0.25) is 18.1 Å². The van der Waals surface area contributed by atoms with Crippen molar-refractivity contribution in [1.82, 2.24) is 16.0 Å². The van der Waals surface area contributed by atoms with E-state index in [1.165, 1.54) is 7.11 Å². The summed E-state index contributed by atoms with van der Waals surface area (Å²) in [6.07, 6.45) is 0.167. The van der Waals surface area contributed by atoms with E-state index >= 15 is 0 Å². The summed E-state index contributed by atoms with van der Waals surface area (Å²) in [6, 6.07) is 6.67. The van der Waals surface area contributed by atoms with Gasteiger partial charge in [0.05, 0.1) is 13.5 Å². The Morgan fingerprint density at radius 1 is 1.09 bits per heavy atom. The van der Waals surface area contributed by atoms with Gasteiger partial charge in [0, 0.05) is 12.8 Å². The van der Waals surface area contributed by atoms with Gasteiger partial charge >= 0.3 is 5.97 Å². The Labute approximate surface area is 202 Å². The highest BCUT2D eigenvalue weighted by molar-refractivity contribution is 6.87. The number of rotatable bonds is 7.